The van der Waals surface area contributed by atoms with Gasteiger partial charge in [-0.25, -0.2) is 4.39 Å². The summed E-state index contributed by atoms with van der Waals surface area (Å²) >= 11 is 0. The van der Waals surface area contributed by atoms with Crippen molar-refractivity contribution in [3.8, 4) is 0 Å². The fourth-order valence-electron chi connectivity index (χ4n) is 4.49. The maximum Gasteiger partial charge on any atom is 0.108 e. The van der Waals surface area contributed by atoms with Gasteiger partial charge in [0.15, 0.2) is 0 Å². The first-order chi connectivity index (χ1) is 11.1. The van der Waals surface area contributed by atoms with Crippen LogP contribution < -0.4 is 0 Å². The van der Waals surface area contributed by atoms with Gasteiger partial charge in [0.1, 0.15) is 5.67 Å². The van der Waals surface area contributed by atoms with Gasteiger partial charge >= 0.3 is 0 Å². The van der Waals surface area contributed by atoms with E-state index < -0.39 is 5.67 Å². The molecule has 0 radical (unpaired) electrons. The molecular formula is C22H31F. The molecular weight excluding hydrogens is 283 g/mol. The fourth-order valence-corrected chi connectivity index (χ4v) is 4.49. The van der Waals surface area contributed by atoms with E-state index in [0.29, 0.717) is 5.92 Å². The monoisotopic (exact) mass is 314 g/mol. The average Bonchev–Trinajstić information content (AvgIpc) is 2.97. The summed E-state index contributed by atoms with van der Waals surface area (Å²) in [4.78, 5) is 0. The van der Waals surface area contributed by atoms with Crippen molar-refractivity contribution in [3.63, 3.8) is 0 Å². The summed E-state index contributed by atoms with van der Waals surface area (Å²) in [6, 6.07) is 0. The Labute approximate surface area is 141 Å². The van der Waals surface area contributed by atoms with Crippen molar-refractivity contribution in [2.45, 2.75) is 76.8 Å². The van der Waals surface area contributed by atoms with E-state index in [0.717, 1.165) is 38.0 Å². The summed E-state index contributed by atoms with van der Waals surface area (Å²) < 4.78 is 13.7. The van der Waals surface area contributed by atoms with Crippen LogP contribution >= 0.6 is 0 Å². The van der Waals surface area contributed by atoms with Crippen LogP contribution in [0.3, 0.4) is 0 Å². The summed E-state index contributed by atoms with van der Waals surface area (Å²) in [6.07, 6.45) is 25.4. The molecule has 1 heteroatoms. The van der Waals surface area contributed by atoms with Crippen molar-refractivity contribution in [2.75, 3.05) is 0 Å². The van der Waals surface area contributed by atoms with Crippen LogP contribution in [0.15, 0.2) is 47.6 Å². The van der Waals surface area contributed by atoms with Crippen LogP contribution in [0.4, 0.5) is 4.39 Å². The molecule has 0 nitrogen and oxygen atoms in total. The van der Waals surface area contributed by atoms with E-state index in [9.17, 15) is 4.39 Å². The molecule has 3 aliphatic rings. The Hall–Kier alpha value is -1.11. The Kier molecular flexibility index (Phi) is 5.56. The zero-order valence-electron chi connectivity index (χ0n) is 14.6. The molecule has 0 heterocycles. The fraction of sp³-hybridized carbons (Fsp3) is 0.636. The van der Waals surface area contributed by atoms with Crippen LogP contribution in [0.25, 0.3) is 0 Å². The maximum atomic E-state index is 13.7. The lowest BCUT2D eigenvalue weighted by Gasteiger charge is -2.39. The first-order valence-corrected chi connectivity index (χ1v) is 9.51. The van der Waals surface area contributed by atoms with E-state index in [1.807, 2.05) is 0 Å². The number of hydrogen-bond donors (Lipinski definition) is 0. The van der Waals surface area contributed by atoms with Gasteiger partial charge in [-0.15, -0.1) is 0 Å². The second-order valence-corrected chi connectivity index (χ2v) is 8.08. The second kappa shape index (κ2) is 7.64. The predicted molar refractivity (Wildman–Crippen MR) is 97.1 cm³/mol. The van der Waals surface area contributed by atoms with E-state index in [2.05, 4.69) is 36.5 Å². The van der Waals surface area contributed by atoms with E-state index in [4.69, 9.17) is 0 Å². The molecule has 0 aromatic rings. The zero-order chi connectivity index (χ0) is 16.1. The minimum Gasteiger partial charge on any atom is -0.244 e. The summed E-state index contributed by atoms with van der Waals surface area (Å²) in [7, 11) is 0. The van der Waals surface area contributed by atoms with Gasteiger partial charge in [-0.05, 0) is 57.3 Å². The Balaban J connectivity index is 1.57. The van der Waals surface area contributed by atoms with E-state index in [1.165, 1.54) is 43.3 Å². The van der Waals surface area contributed by atoms with E-state index >= 15 is 0 Å². The highest BCUT2D eigenvalue weighted by molar-refractivity contribution is 5.27. The second-order valence-electron chi connectivity index (χ2n) is 8.08. The molecule has 0 N–H and O–H groups in total. The minimum absolute atomic E-state index is 0.543. The number of alkyl halides is 1. The van der Waals surface area contributed by atoms with Crippen molar-refractivity contribution in [2.24, 2.45) is 11.8 Å². The number of hydrogen-bond acceptors (Lipinski definition) is 0. The van der Waals surface area contributed by atoms with Gasteiger partial charge in [0.2, 0.25) is 0 Å². The number of halogens is 1. The number of allylic oxidation sites excluding steroid dienone is 8. The van der Waals surface area contributed by atoms with Crippen molar-refractivity contribution in [1.29, 1.82) is 0 Å². The van der Waals surface area contributed by atoms with Gasteiger partial charge in [-0.2, -0.15) is 0 Å². The summed E-state index contributed by atoms with van der Waals surface area (Å²) in [5.41, 5.74) is 2.02. The molecule has 0 saturated heterocycles. The van der Waals surface area contributed by atoms with Crippen LogP contribution in [0.2, 0.25) is 0 Å². The van der Waals surface area contributed by atoms with Crippen molar-refractivity contribution < 1.29 is 4.39 Å². The molecule has 23 heavy (non-hydrogen) atoms. The molecule has 0 aromatic carbocycles. The lowest BCUT2D eigenvalue weighted by atomic mass is 9.71. The molecule has 0 spiro atoms. The quantitative estimate of drug-likeness (QED) is 0.532. The van der Waals surface area contributed by atoms with Crippen molar-refractivity contribution >= 4 is 0 Å². The van der Waals surface area contributed by atoms with Crippen molar-refractivity contribution in [3.05, 3.63) is 47.6 Å². The molecule has 0 aliphatic heterocycles. The molecule has 0 amide bonds. The van der Waals surface area contributed by atoms with Crippen LogP contribution in [0, 0.1) is 11.8 Å². The highest BCUT2D eigenvalue weighted by Gasteiger charge is 2.40. The lowest BCUT2D eigenvalue weighted by Crippen LogP contribution is -2.36. The van der Waals surface area contributed by atoms with E-state index in [-0.39, 0.29) is 0 Å². The first kappa shape index (κ1) is 16.7. The maximum absolute atomic E-state index is 13.7. The molecule has 3 rings (SSSR count). The van der Waals surface area contributed by atoms with Gasteiger partial charge in [0, 0.05) is 0 Å². The molecule has 2 saturated carbocycles. The van der Waals surface area contributed by atoms with Gasteiger partial charge in [-0.3, -0.25) is 0 Å². The highest BCUT2D eigenvalue weighted by atomic mass is 19.1. The smallest absolute Gasteiger partial charge is 0.108 e. The molecule has 0 atom stereocenters. The third kappa shape index (κ3) is 5.19. The molecule has 0 bridgehead atoms. The molecule has 126 valence electrons. The Bertz CT molecular complexity index is 504. The molecule has 3 aliphatic carbocycles. The normalized spacial score (nSPS) is 39.7. The number of rotatable bonds is 4. The van der Waals surface area contributed by atoms with Gasteiger partial charge in [0.25, 0.3) is 0 Å². The van der Waals surface area contributed by atoms with E-state index in [1.54, 1.807) is 6.92 Å². The highest BCUT2D eigenvalue weighted by Crippen LogP contribution is 2.44. The molecule has 0 aromatic heterocycles. The SMILES string of the molecule is CC1(F)CC(CC2=C/C/C=C(CC3CCCC3)\C=C\C\C=C\2)C1. The van der Waals surface area contributed by atoms with Crippen LogP contribution in [-0.4, -0.2) is 5.67 Å². The molecule has 0 unspecified atom stereocenters. The zero-order valence-corrected chi connectivity index (χ0v) is 14.6. The van der Waals surface area contributed by atoms with Gasteiger partial charge in [0.05, 0.1) is 0 Å². The van der Waals surface area contributed by atoms with Gasteiger partial charge < -0.3 is 0 Å². The standard InChI is InChI=1S/C22H31F/c1-22(23)16-21(17-22)15-20-9-4-2-3-8-19(12-7-13-20)14-18-10-5-6-11-18/h3-4,8-9,12-13,18,21H,2,5-7,10-11,14-17H2,1H3/b8-3+,9-4+,19-12+,20-13+. The van der Waals surface area contributed by atoms with Crippen molar-refractivity contribution in [1.82, 2.24) is 0 Å². The minimum atomic E-state index is -0.901. The van der Waals surface area contributed by atoms with Gasteiger partial charge in [-0.1, -0.05) is 73.3 Å². The first-order valence-electron chi connectivity index (χ1n) is 9.51. The van der Waals surface area contributed by atoms with Crippen LogP contribution in [0.1, 0.15) is 71.1 Å². The average molecular weight is 314 g/mol. The van der Waals surface area contributed by atoms with Crippen LogP contribution in [-0.2, 0) is 0 Å². The molecule has 2 fully saturated rings. The largest absolute Gasteiger partial charge is 0.244 e. The lowest BCUT2D eigenvalue weighted by molar-refractivity contribution is 0.0261. The Morgan fingerprint density at radius 2 is 1.48 bits per heavy atom. The summed E-state index contributed by atoms with van der Waals surface area (Å²) in [5.74, 6) is 1.45. The summed E-state index contributed by atoms with van der Waals surface area (Å²) in [5, 5.41) is 0. The summed E-state index contributed by atoms with van der Waals surface area (Å²) in [6.45, 7) is 1.74. The Morgan fingerprint density at radius 3 is 2.04 bits per heavy atom. The predicted octanol–water partition coefficient (Wildman–Crippen LogP) is 6.85. The Morgan fingerprint density at radius 1 is 0.913 bits per heavy atom. The topological polar surface area (TPSA) is 0 Å². The van der Waals surface area contributed by atoms with Crippen LogP contribution in [0.5, 0.6) is 0 Å². The third-order valence-corrected chi connectivity index (χ3v) is 5.65. The third-order valence-electron chi connectivity index (χ3n) is 5.65.